The summed E-state index contributed by atoms with van der Waals surface area (Å²) in [5.41, 5.74) is 0.977. The van der Waals surface area contributed by atoms with Crippen molar-refractivity contribution in [3.8, 4) is 5.75 Å². The normalized spacial score (nSPS) is 11.9. The van der Waals surface area contributed by atoms with Crippen molar-refractivity contribution in [2.45, 2.75) is 6.10 Å². The van der Waals surface area contributed by atoms with E-state index in [9.17, 15) is 5.11 Å². The number of aliphatic hydroxyl groups excluding tert-OH is 2. The molecule has 0 saturated carbocycles. The van der Waals surface area contributed by atoms with Crippen molar-refractivity contribution in [1.82, 2.24) is 0 Å². The molecule has 4 heteroatoms. The van der Waals surface area contributed by atoms with Crippen molar-refractivity contribution >= 4 is 5.69 Å². The third-order valence-electron chi connectivity index (χ3n) is 3.11. The first-order valence-corrected chi connectivity index (χ1v) is 7.06. The van der Waals surface area contributed by atoms with E-state index >= 15 is 0 Å². The van der Waals surface area contributed by atoms with Crippen LogP contribution in [0, 0.1) is 0 Å². The van der Waals surface area contributed by atoms with Crippen LogP contribution < -0.4 is 9.64 Å². The van der Waals surface area contributed by atoms with E-state index in [0.717, 1.165) is 11.4 Å². The van der Waals surface area contributed by atoms with Crippen LogP contribution in [0.5, 0.6) is 5.75 Å². The highest BCUT2D eigenvalue weighted by Crippen LogP contribution is 2.14. The number of hydrogen-bond donors (Lipinski definition) is 2. The van der Waals surface area contributed by atoms with Crippen LogP contribution in [0.25, 0.3) is 0 Å². The Kier molecular flexibility index (Phi) is 6.06. The summed E-state index contributed by atoms with van der Waals surface area (Å²) in [6.07, 6.45) is -0.628. The van der Waals surface area contributed by atoms with Gasteiger partial charge in [0, 0.05) is 18.8 Å². The van der Waals surface area contributed by atoms with Crippen LogP contribution in [0.15, 0.2) is 60.7 Å². The van der Waals surface area contributed by atoms with Gasteiger partial charge in [-0.1, -0.05) is 36.4 Å². The molecule has 0 aromatic heterocycles. The number of rotatable bonds is 8. The number of anilines is 1. The lowest BCUT2D eigenvalue weighted by Gasteiger charge is -2.26. The van der Waals surface area contributed by atoms with Gasteiger partial charge in [-0.25, -0.2) is 0 Å². The molecule has 2 aromatic carbocycles. The topological polar surface area (TPSA) is 52.9 Å². The van der Waals surface area contributed by atoms with E-state index in [0.29, 0.717) is 13.1 Å². The van der Waals surface area contributed by atoms with Crippen LogP contribution in [0.2, 0.25) is 0 Å². The zero-order valence-corrected chi connectivity index (χ0v) is 11.9. The summed E-state index contributed by atoms with van der Waals surface area (Å²) < 4.78 is 5.54. The average molecular weight is 287 g/mol. The zero-order chi connectivity index (χ0) is 14.9. The fraction of sp³-hybridized carbons (Fsp3) is 0.294. The largest absolute Gasteiger partial charge is 0.491 e. The minimum atomic E-state index is -0.628. The van der Waals surface area contributed by atoms with Crippen LogP contribution >= 0.6 is 0 Å². The van der Waals surface area contributed by atoms with Crippen molar-refractivity contribution in [3.05, 3.63) is 60.7 Å². The number of ether oxygens (including phenoxy) is 1. The van der Waals surface area contributed by atoms with Gasteiger partial charge in [-0.3, -0.25) is 0 Å². The quantitative estimate of drug-likeness (QED) is 0.779. The molecule has 1 atom stereocenters. The van der Waals surface area contributed by atoms with Crippen LogP contribution in [-0.2, 0) is 0 Å². The van der Waals surface area contributed by atoms with Crippen molar-refractivity contribution < 1.29 is 14.9 Å². The fourth-order valence-electron chi connectivity index (χ4n) is 2.10. The molecule has 0 bridgehead atoms. The van der Waals surface area contributed by atoms with Crippen molar-refractivity contribution in [3.63, 3.8) is 0 Å². The molecule has 0 aliphatic carbocycles. The maximum atomic E-state index is 10.1. The first kappa shape index (κ1) is 15.4. The van der Waals surface area contributed by atoms with Gasteiger partial charge in [0.2, 0.25) is 0 Å². The Labute approximate surface area is 125 Å². The Morgan fingerprint density at radius 3 is 2.19 bits per heavy atom. The van der Waals surface area contributed by atoms with Crippen LogP contribution in [0.3, 0.4) is 0 Å². The predicted octanol–water partition coefficient (Wildman–Crippen LogP) is 1.93. The molecule has 0 heterocycles. The minimum Gasteiger partial charge on any atom is -0.491 e. The minimum absolute atomic E-state index is 0.0428. The average Bonchev–Trinajstić information content (AvgIpc) is 2.54. The van der Waals surface area contributed by atoms with Gasteiger partial charge in [0.05, 0.1) is 6.61 Å². The highest BCUT2D eigenvalue weighted by molar-refractivity contribution is 5.46. The Balaban J connectivity index is 1.88. The molecule has 2 N–H and O–H groups in total. The van der Waals surface area contributed by atoms with Gasteiger partial charge in [-0.05, 0) is 24.3 Å². The molecule has 2 rings (SSSR count). The lowest BCUT2D eigenvalue weighted by Crippen LogP contribution is -2.37. The van der Waals surface area contributed by atoms with Crippen molar-refractivity contribution in [1.29, 1.82) is 0 Å². The summed E-state index contributed by atoms with van der Waals surface area (Å²) in [4.78, 5) is 1.94. The van der Waals surface area contributed by atoms with E-state index < -0.39 is 6.10 Å². The van der Waals surface area contributed by atoms with Gasteiger partial charge in [-0.2, -0.15) is 0 Å². The summed E-state index contributed by atoms with van der Waals surface area (Å²) in [5, 5.41) is 19.3. The second-order valence-corrected chi connectivity index (χ2v) is 4.78. The predicted molar refractivity (Wildman–Crippen MR) is 83.7 cm³/mol. The zero-order valence-electron chi connectivity index (χ0n) is 11.9. The number of nitrogens with zero attached hydrogens (tertiary/aromatic N) is 1. The maximum Gasteiger partial charge on any atom is 0.119 e. The van der Waals surface area contributed by atoms with E-state index in [1.807, 2.05) is 65.6 Å². The summed E-state index contributed by atoms with van der Waals surface area (Å²) in [6, 6.07) is 19.1. The Hall–Kier alpha value is -2.04. The fourth-order valence-corrected chi connectivity index (χ4v) is 2.10. The molecule has 0 radical (unpaired) electrons. The van der Waals surface area contributed by atoms with E-state index in [2.05, 4.69) is 0 Å². The molecule has 112 valence electrons. The molecule has 0 amide bonds. The maximum absolute atomic E-state index is 10.1. The molecule has 0 fully saturated rings. The lowest BCUT2D eigenvalue weighted by atomic mass is 10.2. The highest BCUT2D eigenvalue weighted by atomic mass is 16.5. The third kappa shape index (κ3) is 5.10. The van der Waals surface area contributed by atoms with Crippen molar-refractivity contribution in [2.75, 3.05) is 31.2 Å². The van der Waals surface area contributed by atoms with Gasteiger partial charge in [0.15, 0.2) is 0 Å². The number of para-hydroxylation sites is 2. The Morgan fingerprint density at radius 2 is 1.57 bits per heavy atom. The number of hydrogen-bond acceptors (Lipinski definition) is 4. The molecule has 0 aliphatic heterocycles. The molecule has 2 aromatic rings. The first-order chi connectivity index (χ1) is 10.3. The summed E-state index contributed by atoms with van der Waals surface area (Å²) >= 11 is 0. The second kappa shape index (κ2) is 8.29. The number of benzene rings is 2. The smallest absolute Gasteiger partial charge is 0.119 e. The molecule has 21 heavy (non-hydrogen) atoms. The first-order valence-electron chi connectivity index (χ1n) is 7.06. The summed E-state index contributed by atoms with van der Waals surface area (Å²) in [6.45, 7) is 1.16. The molecule has 4 nitrogen and oxygen atoms in total. The van der Waals surface area contributed by atoms with Gasteiger partial charge in [0.25, 0.3) is 0 Å². The van der Waals surface area contributed by atoms with E-state index in [4.69, 9.17) is 9.84 Å². The third-order valence-corrected chi connectivity index (χ3v) is 3.11. The van der Waals surface area contributed by atoms with Crippen LogP contribution in [0.4, 0.5) is 5.69 Å². The van der Waals surface area contributed by atoms with Crippen LogP contribution in [0.1, 0.15) is 0 Å². The van der Waals surface area contributed by atoms with Gasteiger partial charge >= 0.3 is 0 Å². The molecular weight excluding hydrogens is 266 g/mol. The van der Waals surface area contributed by atoms with Gasteiger partial charge < -0.3 is 19.8 Å². The van der Waals surface area contributed by atoms with Crippen molar-refractivity contribution in [2.24, 2.45) is 0 Å². The second-order valence-electron chi connectivity index (χ2n) is 4.78. The lowest BCUT2D eigenvalue weighted by molar-refractivity contribution is 0.111. The summed E-state index contributed by atoms with van der Waals surface area (Å²) in [5.74, 6) is 0.741. The summed E-state index contributed by atoms with van der Waals surface area (Å²) in [7, 11) is 0. The molecule has 0 saturated heterocycles. The van der Waals surface area contributed by atoms with Gasteiger partial charge in [-0.15, -0.1) is 0 Å². The molecule has 1 unspecified atom stereocenters. The standard InChI is InChI=1S/C17H21NO3/c19-12-11-18(15-7-3-1-4-8-15)13-16(20)14-21-17-9-5-2-6-10-17/h1-10,16,19-20H,11-14H2. The Morgan fingerprint density at radius 1 is 0.952 bits per heavy atom. The molecular formula is C17H21NO3. The van der Waals surface area contributed by atoms with E-state index in [-0.39, 0.29) is 13.2 Å². The monoisotopic (exact) mass is 287 g/mol. The van der Waals surface area contributed by atoms with E-state index in [1.165, 1.54) is 0 Å². The number of aliphatic hydroxyl groups is 2. The molecule has 0 aliphatic rings. The van der Waals surface area contributed by atoms with Gasteiger partial charge in [0.1, 0.15) is 18.5 Å². The van der Waals surface area contributed by atoms with Crippen LogP contribution in [-0.4, -0.2) is 42.6 Å². The van der Waals surface area contributed by atoms with E-state index in [1.54, 1.807) is 0 Å². The SMILES string of the molecule is OCCN(CC(O)COc1ccccc1)c1ccccc1. The molecule has 0 spiro atoms. The Bertz CT molecular complexity index is 504. The highest BCUT2D eigenvalue weighted by Gasteiger charge is 2.12.